The molecular weight excluding hydrogens is 296 g/mol. The van der Waals surface area contributed by atoms with Gasteiger partial charge in [-0.15, -0.1) is 0 Å². The number of aliphatic hydroxyl groups is 1. The Bertz CT molecular complexity index is 407. The predicted octanol–water partition coefficient (Wildman–Crippen LogP) is 0.892. The molecule has 6 heteroatoms. The van der Waals surface area contributed by atoms with E-state index in [9.17, 15) is 5.11 Å². The van der Waals surface area contributed by atoms with Gasteiger partial charge in [-0.1, -0.05) is 6.92 Å². The maximum absolute atomic E-state index is 10.5. The van der Waals surface area contributed by atoms with Crippen LogP contribution in [-0.4, -0.2) is 71.3 Å². The van der Waals surface area contributed by atoms with E-state index < -0.39 is 5.60 Å². The zero-order valence-electron chi connectivity index (χ0n) is 13.8. The monoisotopic (exact) mass is 326 g/mol. The van der Waals surface area contributed by atoms with Gasteiger partial charge in [0, 0.05) is 37.5 Å². The van der Waals surface area contributed by atoms with E-state index in [2.05, 4.69) is 34.4 Å². The van der Waals surface area contributed by atoms with Crippen molar-refractivity contribution in [3.05, 3.63) is 0 Å². The molecule has 1 saturated carbocycles. The number of rotatable bonds is 5. The minimum absolute atomic E-state index is 0.464. The molecule has 2 heterocycles. The molecule has 22 heavy (non-hydrogen) atoms. The molecule has 126 valence electrons. The highest BCUT2D eigenvalue weighted by Gasteiger charge is 2.38. The van der Waals surface area contributed by atoms with Crippen molar-refractivity contribution >= 4 is 17.7 Å². The van der Waals surface area contributed by atoms with Gasteiger partial charge in [0.2, 0.25) is 0 Å². The SMILES string of the molecule is CCNC(=NCC1(O)CCSC1)NC1CN(C2CC2)CC1C. The first-order valence-electron chi connectivity index (χ1n) is 8.69. The third-order valence-electron chi connectivity index (χ3n) is 4.98. The van der Waals surface area contributed by atoms with Crippen molar-refractivity contribution in [1.29, 1.82) is 0 Å². The molecule has 0 spiro atoms. The Morgan fingerprint density at radius 3 is 2.86 bits per heavy atom. The van der Waals surface area contributed by atoms with E-state index in [0.29, 0.717) is 18.5 Å². The molecule has 0 aromatic rings. The Labute approximate surface area is 138 Å². The van der Waals surface area contributed by atoms with Gasteiger partial charge < -0.3 is 15.7 Å². The molecule has 3 N–H and O–H groups in total. The summed E-state index contributed by atoms with van der Waals surface area (Å²) in [6.07, 6.45) is 3.60. The second-order valence-corrected chi connectivity index (χ2v) is 8.24. The number of likely N-dealkylation sites (tertiary alicyclic amines) is 1. The Morgan fingerprint density at radius 2 is 2.23 bits per heavy atom. The molecule has 0 aromatic carbocycles. The van der Waals surface area contributed by atoms with Crippen molar-refractivity contribution in [1.82, 2.24) is 15.5 Å². The van der Waals surface area contributed by atoms with Crippen molar-refractivity contribution in [3.63, 3.8) is 0 Å². The number of aliphatic imine (C=N–C) groups is 1. The number of thioether (sulfide) groups is 1. The molecule has 0 bridgehead atoms. The zero-order chi connectivity index (χ0) is 15.6. The molecule has 2 saturated heterocycles. The van der Waals surface area contributed by atoms with Gasteiger partial charge in [0.25, 0.3) is 0 Å². The third kappa shape index (κ3) is 4.09. The van der Waals surface area contributed by atoms with Gasteiger partial charge in [0.15, 0.2) is 5.96 Å². The van der Waals surface area contributed by atoms with Crippen LogP contribution in [0.1, 0.15) is 33.1 Å². The van der Waals surface area contributed by atoms with Crippen LogP contribution in [0.5, 0.6) is 0 Å². The lowest BCUT2D eigenvalue weighted by Gasteiger charge is -2.23. The maximum Gasteiger partial charge on any atom is 0.191 e. The van der Waals surface area contributed by atoms with Crippen molar-refractivity contribution in [2.24, 2.45) is 10.9 Å². The average Bonchev–Trinajstić information content (AvgIpc) is 3.16. The van der Waals surface area contributed by atoms with Crippen LogP contribution >= 0.6 is 11.8 Å². The average molecular weight is 327 g/mol. The molecule has 0 amide bonds. The highest BCUT2D eigenvalue weighted by Crippen LogP contribution is 2.32. The van der Waals surface area contributed by atoms with Gasteiger partial charge in [0.05, 0.1) is 12.1 Å². The van der Waals surface area contributed by atoms with Crippen LogP contribution in [-0.2, 0) is 0 Å². The molecule has 0 radical (unpaired) electrons. The minimum Gasteiger partial charge on any atom is -0.387 e. The first-order valence-corrected chi connectivity index (χ1v) is 9.84. The largest absolute Gasteiger partial charge is 0.387 e. The molecule has 5 nitrogen and oxygen atoms in total. The third-order valence-corrected chi connectivity index (χ3v) is 6.22. The lowest BCUT2D eigenvalue weighted by Crippen LogP contribution is -2.47. The highest BCUT2D eigenvalue weighted by molar-refractivity contribution is 7.99. The fraction of sp³-hybridized carbons (Fsp3) is 0.938. The first kappa shape index (κ1) is 16.4. The summed E-state index contributed by atoms with van der Waals surface area (Å²) in [6, 6.07) is 1.30. The van der Waals surface area contributed by atoms with Crippen LogP contribution in [0.15, 0.2) is 4.99 Å². The second-order valence-electron chi connectivity index (χ2n) is 7.14. The maximum atomic E-state index is 10.5. The van der Waals surface area contributed by atoms with Gasteiger partial charge in [-0.05, 0) is 37.9 Å². The fourth-order valence-electron chi connectivity index (χ4n) is 3.37. The normalized spacial score (nSPS) is 36.8. The summed E-state index contributed by atoms with van der Waals surface area (Å²) in [7, 11) is 0. The quantitative estimate of drug-likeness (QED) is 0.517. The van der Waals surface area contributed by atoms with Gasteiger partial charge in [-0.2, -0.15) is 11.8 Å². The number of hydrogen-bond donors (Lipinski definition) is 3. The summed E-state index contributed by atoms with van der Waals surface area (Å²) < 4.78 is 0. The highest BCUT2D eigenvalue weighted by atomic mass is 32.2. The summed E-state index contributed by atoms with van der Waals surface area (Å²) in [5, 5.41) is 17.4. The molecule has 3 unspecified atom stereocenters. The van der Waals surface area contributed by atoms with Gasteiger partial charge in [0.1, 0.15) is 0 Å². The number of guanidine groups is 1. The Kier molecular flexibility index (Phi) is 5.20. The predicted molar refractivity (Wildman–Crippen MR) is 93.6 cm³/mol. The van der Waals surface area contributed by atoms with Crippen LogP contribution in [0, 0.1) is 5.92 Å². The molecule has 3 fully saturated rings. The molecule has 3 atom stereocenters. The van der Waals surface area contributed by atoms with Crippen molar-refractivity contribution in [2.45, 2.75) is 50.8 Å². The van der Waals surface area contributed by atoms with Crippen LogP contribution in [0.2, 0.25) is 0 Å². The zero-order valence-corrected chi connectivity index (χ0v) is 14.7. The molecule has 1 aliphatic carbocycles. The number of nitrogens with zero attached hydrogens (tertiary/aromatic N) is 2. The number of hydrogen-bond acceptors (Lipinski definition) is 4. The smallest absolute Gasteiger partial charge is 0.191 e. The van der Waals surface area contributed by atoms with E-state index in [-0.39, 0.29) is 0 Å². The van der Waals surface area contributed by atoms with E-state index in [1.165, 1.54) is 19.4 Å². The van der Waals surface area contributed by atoms with Crippen molar-refractivity contribution < 1.29 is 5.11 Å². The van der Waals surface area contributed by atoms with Crippen molar-refractivity contribution in [3.8, 4) is 0 Å². The summed E-state index contributed by atoms with van der Waals surface area (Å²) in [5.74, 6) is 3.37. The fourth-order valence-corrected chi connectivity index (χ4v) is 4.66. The Hall–Kier alpha value is -0.460. The van der Waals surface area contributed by atoms with Crippen LogP contribution < -0.4 is 10.6 Å². The lowest BCUT2D eigenvalue weighted by atomic mass is 10.0. The van der Waals surface area contributed by atoms with Gasteiger partial charge >= 0.3 is 0 Å². The summed E-state index contributed by atoms with van der Waals surface area (Å²) >= 11 is 1.82. The van der Waals surface area contributed by atoms with E-state index in [0.717, 1.165) is 43.0 Å². The molecular formula is C16H30N4OS. The van der Waals surface area contributed by atoms with Crippen molar-refractivity contribution in [2.75, 3.05) is 37.7 Å². The van der Waals surface area contributed by atoms with Crippen LogP contribution in [0.4, 0.5) is 0 Å². The molecule has 2 aliphatic heterocycles. The molecule has 0 aromatic heterocycles. The van der Waals surface area contributed by atoms with Crippen LogP contribution in [0.25, 0.3) is 0 Å². The number of nitrogens with one attached hydrogen (secondary N) is 2. The summed E-state index contributed by atoms with van der Waals surface area (Å²) in [6.45, 7) is 8.09. The van der Waals surface area contributed by atoms with Gasteiger partial charge in [-0.3, -0.25) is 9.89 Å². The molecule has 3 aliphatic rings. The first-order chi connectivity index (χ1) is 10.6. The second kappa shape index (κ2) is 6.97. The van der Waals surface area contributed by atoms with E-state index in [1.807, 2.05) is 11.8 Å². The topological polar surface area (TPSA) is 59.9 Å². The van der Waals surface area contributed by atoms with E-state index in [1.54, 1.807) is 0 Å². The summed E-state index contributed by atoms with van der Waals surface area (Å²) in [4.78, 5) is 7.28. The minimum atomic E-state index is -0.603. The molecule has 3 rings (SSSR count). The summed E-state index contributed by atoms with van der Waals surface area (Å²) in [5.41, 5.74) is -0.603. The standard InChI is InChI=1S/C16H30N4OS/c1-3-17-15(18-10-16(21)6-7-22-11-16)19-14-9-20(8-12(14)2)13-4-5-13/h12-14,21H,3-11H2,1-2H3,(H2,17,18,19). The lowest BCUT2D eigenvalue weighted by molar-refractivity contribution is 0.0778. The van der Waals surface area contributed by atoms with Gasteiger partial charge in [-0.25, -0.2) is 0 Å². The van der Waals surface area contributed by atoms with Crippen LogP contribution in [0.3, 0.4) is 0 Å². The Morgan fingerprint density at radius 1 is 1.41 bits per heavy atom. The van der Waals surface area contributed by atoms with E-state index in [4.69, 9.17) is 0 Å². The van der Waals surface area contributed by atoms with E-state index >= 15 is 0 Å². The Balaban J connectivity index is 1.56.